The first-order valence-electron chi connectivity index (χ1n) is 9.01. The second kappa shape index (κ2) is 10.7. The van der Waals surface area contributed by atoms with Crippen LogP contribution in [0.5, 0.6) is 5.75 Å². The zero-order valence-electron chi connectivity index (χ0n) is 16.4. The number of hydrogen-bond donors (Lipinski definition) is 1. The van der Waals surface area contributed by atoms with E-state index in [1.165, 1.54) is 12.1 Å². The first-order valence-corrected chi connectivity index (χ1v) is 9.01. The summed E-state index contributed by atoms with van der Waals surface area (Å²) in [4.78, 5) is 0. The van der Waals surface area contributed by atoms with Crippen molar-refractivity contribution in [2.45, 2.75) is 33.6 Å². The van der Waals surface area contributed by atoms with Crippen LogP contribution in [-0.2, 0) is 4.74 Å². The van der Waals surface area contributed by atoms with Crippen molar-refractivity contribution in [2.24, 2.45) is 11.8 Å². The van der Waals surface area contributed by atoms with Gasteiger partial charge in [-0.1, -0.05) is 39.2 Å². The highest BCUT2D eigenvalue weighted by Gasteiger charge is 2.19. The highest BCUT2D eigenvalue weighted by atomic mass is 19.2. The maximum Gasteiger partial charge on any atom is 0.200 e. The Labute approximate surface area is 163 Å². The molecule has 0 saturated heterocycles. The molecular formula is C22H26F4O2. The summed E-state index contributed by atoms with van der Waals surface area (Å²) in [5.74, 6) is -6.12. The number of phenols is 1. The summed E-state index contributed by atoms with van der Waals surface area (Å²) >= 11 is 0. The third kappa shape index (κ3) is 6.29. The smallest absolute Gasteiger partial charge is 0.200 e. The predicted octanol–water partition coefficient (Wildman–Crippen LogP) is 6.99. The van der Waals surface area contributed by atoms with Crippen LogP contribution in [0, 0.1) is 23.5 Å². The minimum atomic E-state index is -1.29. The van der Waals surface area contributed by atoms with Crippen LogP contribution in [0.3, 0.4) is 0 Å². The molecule has 154 valence electrons. The Morgan fingerprint density at radius 3 is 2.36 bits per heavy atom. The van der Waals surface area contributed by atoms with Gasteiger partial charge in [-0.3, -0.25) is 0 Å². The van der Waals surface area contributed by atoms with Crippen LogP contribution in [-0.4, -0.2) is 11.7 Å². The molecule has 1 rings (SSSR count). The van der Waals surface area contributed by atoms with E-state index < -0.39 is 29.0 Å². The molecule has 0 aliphatic heterocycles. The van der Waals surface area contributed by atoms with Crippen LogP contribution >= 0.6 is 0 Å². The molecule has 1 aromatic rings. The predicted molar refractivity (Wildman–Crippen MR) is 104 cm³/mol. The maximum absolute atomic E-state index is 14.2. The van der Waals surface area contributed by atoms with E-state index in [0.29, 0.717) is 12.8 Å². The zero-order chi connectivity index (χ0) is 21.4. The van der Waals surface area contributed by atoms with E-state index >= 15 is 0 Å². The number of benzene rings is 1. The third-order valence-electron chi connectivity index (χ3n) is 4.38. The molecule has 1 aromatic carbocycles. The average molecular weight is 398 g/mol. The molecule has 0 aliphatic carbocycles. The molecule has 0 bridgehead atoms. The van der Waals surface area contributed by atoms with Crippen LogP contribution in [0.2, 0.25) is 0 Å². The number of rotatable bonds is 10. The number of ether oxygens (including phenoxy) is 1. The van der Waals surface area contributed by atoms with E-state index in [1.54, 1.807) is 19.9 Å². The van der Waals surface area contributed by atoms with Gasteiger partial charge in [0.25, 0.3) is 0 Å². The zero-order valence-corrected chi connectivity index (χ0v) is 16.4. The Hall–Kier alpha value is -2.50. The van der Waals surface area contributed by atoms with Crippen molar-refractivity contribution in [1.82, 2.24) is 0 Å². The highest BCUT2D eigenvalue weighted by Crippen LogP contribution is 2.30. The number of halogens is 4. The molecular weight excluding hydrogens is 372 g/mol. The van der Waals surface area contributed by atoms with Crippen LogP contribution in [0.4, 0.5) is 17.6 Å². The molecule has 0 spiro atoms. The molecule has 0 aromatic heterocycles. The van der Waals surface area contributed by atoms with Crippen molar-refractivity contribution in [1.29, 1.82) is 0 Å². The number of phenolic OH excluding ortho intramolecular Hbond substituents is 1. The summed E-state index contributed by atoms with van der Waals surface area (Å²) in [7, 11) is 0. The van der Waals surface area contributed by atoms with Crippen molar-refractivity contribution >= 4 is 6.08 Å². The van der Waals surface area contributed by atoms with E-state index in [-0.39, 0.29) is 35.3 Å². The number of allylic oxidation sites excluding steroid dienone is 4. The molecule has 0 radical (unpaired) electrons. The Bertz CT molecular complexity index is 781. The maximum atomic E-state index is 14.2. The Kier molecular flexibility index (Phi) is 9.03. The van der Waals surface area contributed by atoms with Gasteiger partial charge in [-0.25, -0.2) is 8.78 Å². The lowest BCUT2D eigenvalue weighted by Gasteiger charge is -2.16. The SMILES string of the molecule is C=C(OCC)/C(F)=C(/F)C(=C)C(C)CCC(C)/C=C/c1ccc(O)c(F)c1F. The monoisotopic (exact) mass is 398 g/mol. The van der Waals surface area contributed by atoms with E-state index in [4.69, 9.17) is 9.84 Å². The summed E-state index contributed by atoms with van der Waals surface area (Å²) in [6.07, 6.45) is 4.22. The number of hydrogen-bond acceptors (Lipinski definition) is 2. The largest absolute Gasteiger partial charge is 0.505 e. The summed E-state index contributed by atoms with van der Waals surface area (Å²) in [5, 5.41) is 9.13. The molecule has 1 N–H and O–H groups in total. The molecule has 0 fully saturated rings. The van der Waals surface area contributed by atoms with Crippen LogP contribution in [0.15, 0.2) is 54.4 Å². The second-order valence-corrected chi connectivity index (χ2v) is 6.63. The molecule has 0 aliphatic rings. The minimum Gasteiger partial charge on any atom is -0.505 e. The van der Waals surface area contributed by atoms with Gasteiger partial charge in [0.1, 0.15) is 0 Å². The molecule has 2 atom stereocenters. The van der Waals surface area contributed by atoms with Gasteiger partial charge in [-0.15, -0.1) is 0 Å². The summed E-state index contributed by atoms with van der Waals surface area (Å²) in [6, 6.07) is 2.35. The van der Waals surface area contributed by atoms with Gasteiger partial charge in [0.2, 0.25) is 5.82 Å². The van der Waals surface area contributed by atoms with E-state index in [2.05, 4.69) is 13.2 Å². The molecule has 0 heterocycles. The van der Waals surface area contributed by atoms with Gasteiger partial charge in [0.05, 0.1) is 6.61 Å². The fourth-order valence-corrected chi connectivity index (χ4v) is 2.45. The van der Waals surface area contributed by atoms with Crippen molar-refractivity contribution in [3.8, 4) is 5.75 Å². The summed E-state index contributed by atoms with van der Waals surface area (Å²) in [6.45, 7) is 12.4. The average Bonchev–Trinajstić information content (AvgIpc) is 2.68. The van der Waals surface area contributed by atoms with Crippen LogP contribution in [0.25, 0.3) is 6.08 Å². The highest BCUT2D eigenvalue weighted by molar-refractivity contribution is 5.52. The molecule has 0 saturated carbocycles. The minimum absolute atomic E-state index is 0.0150. The molecule has 6 heteroatoms. The van der Waals surface area contributed by atoms with Crippen molar-refractivity contribution in [3.63, 3.8) is 0 Å². The number of aromatic hydroxyl groups is 1. The lowest BCUT2D eigenvalue weighted by molar-refractivity contribution is 0.223. The summed E-state index contributed by atoms with van der Waals surface area (Å²) in [5.41, 5.74) is 0.0336. The lowest BCUT2D eigenvalue weighted by Crippen LogP contribution is -2.04. The molecule has 28 heavy (non-hydrogen) atoms. The van der Waals surface area contributed by atoms with Gasteiger partial charge in [-0.2, -0.15) is 8.78 Å². The third-order valence-corrected chi connectivity index (χ3v) is 4.38. The summed E-state index contributed by atoms with van der Waals surface area (Å²) < 4.78 is 60.0. The lowest BCUT2D eigenvalue weighted by atomic mass is 9.91. The standard InChI is InChI=1S/C22H26F4O2/c1-6-28-16(5)20(24)19(23)15(4)14(3)9-7-13(2)8-10-17-11-12-18(27)22(26)21(17)25/h8,10-14,27H,4-7,9H2,1-3H3/b10-8+,20-19-. The Morgan fingerprint density at radius 2 is 1.75 bits per heavy atom. The van der Waals surface area contributed by atoms with E-state index in [0.717, 1.165) is 6.07 Å². The molecule has 0 amide bonds. The second-order valence-electron chi connectivity index (χ2n) is 6.63. The Balaban J connectivity index is 2.68. The molecule has 2 unspecified atom stereocenters. The van der Waals surface area contributed by atoms with Crippen molar-refractivity contribution in [3.05, 3.63) is 71.6 Å². The van der Waals surface area contributed by atoms with Crippen LogP contribution in [0.1, 0.15) is 39.2 Å². The normalized spacial score (nSPS) is 14.5. The van der Waals surface area contributed by atoms with Gasteiger partial charge in [0.15, 0.2) is 29.0 Å². The Morgan fingerprint density at radius 1 is 1.11 bits per heavy atom. The van der Waals surface area contributed by atoms with Crippen molar-refractivity contribution in [2.75, 3.05) is 6.61 Å². The quantitative estimate of drug-likeness (QED) is 0.261. The van der Waals surface area contributed by atoms with Gasteiger partial charge < -0.3 is 9.84 Å². The van der Waals surface area contributed by atoms with Crippen molar-refractivity contribution < 1.29 is 27.4 Å². The molecule has 2 nitrogen and oxygen atoms in total. The van der Waals surface area contributed by atoms with Gasteiger partial charge >= 0.3 is 0 Å². The van der Waals surface area contributed by atoms with Gasteiger partial charge in [0, 0.05) is 5.56 Å². The van der Waals surface area contributed by atoms with Crippen LogP contribution < -0.4 is 0 Å². The van der Waals surface area contributed by atoms with Gasteiger partial charge in [-0.05, 0) is 49.3 Å². The first-order chi connectivity index (χ1) is 13.1. The van der Waals surface area contributed by atoms with E-state index in [9.17, 15) is 17.6 Å². The fourth-order valence-electron chi connectivity index (χ4n) is 2.45. The fraction of sp³-hybridized carbons (Fsp3) is 0.364. The first kappa shape index (κ1) is 23.5. The van der Waals surface area contributed by atoms with E-state index in [1.807, 2.05) is 6.92 Å². The topological polar surface area (TPSA) is 29.5 Å².